The van der Waals surface area contributed by atoms with Gasteiger partial charge < -0.3 is 17.5 Å². The molecular formula is CH5ClN2S2. The molecule has 0 aliphatic rings. The number of rotatable bonds is 1. The van der Waals surface area contributed by atoms with Gasteiger partial charge in [0.2, 0.25) is 0 Å². The Hall–Kier alpha value is 0.620. The molecule has 0 atom stereocenters. The molecule has 0 rings (SSSR count). The van der Waals surface area contributed by atoms with Crippen molar-refractivity contribution in [1.82, 2.24) is 0 Å². The van der Waals surface area contributed by atoms with Gasteiger partial charge in [-0.1, -0.05) is 0 Å². The van der Waals surface area contributed by atoms with E-state index in [0.717, 1.165) is 0 Å². The normalized spacial score (nSPS) is 8.33. The lowest BCUT2D eigenvalue weighted by Gasteiger charge is -1.82. The summed E-state index contributed by atoms with van der Waals surface area (Å²) in [6, 6.07) is 0. The van der Waals surface area contributed by atoms with Crippen LogP contribution in [0.1, 0.15) is 0 Å². The lowest BCUT2D eigenvalue weighted by atomic mass is 11.4. The molecule has 0 unspecified atom stereocenters. The minimum atomic E-state index is 0. The van der Waals surface area contributed by atoms with Crippen LogP contribution in [0.2, 0.25) is 0 Å². The fraction of sp³-hybridized carbons (Fsp3) is 0. The van der Waals surface area contributed by atoms with Crippen molar-refractivity contribution in [1.29, 1.82) is 0 Å². The van der Waals surface area contributed by atoms with Crippen molar-refractivity contribution >= 4 is 44.4 Å². The maximum absolute atomic E-state index is 4.33. The van der Waals surface area contributed by atoms with Gasteiger partial charge in [0.15, 0.2) is 6.34 Å². The highest BCUT2D eigenvalue weighted by Gasteiger charge is 1.45. The lowest BCUT2D eigenvalue weighted by Crippen LogP contribution is -2.75. The first-order valence-corrected chi connectivity index (χ1v) is 1.90. The number of halogens is 1. The molecule has 0 saturated carbocycles. The van der Waals surface area contributed by atoms with Crippen molar-refractivity contribution in [3.05, 3.63) is 0 Å². The van der Waals surface area contributed by atoms with Crippen molar-refractivity contribution < 1.29 is 4.72 Å². The van der Waals surface area contributed by atoms with Gasteiger partial charge in [-0.15, -0.1) is 12.4 Å². The Labute approximate surface area is 53.9 Å². The van der Waals surface area contributed by atoms with Gasteiger partial charge in [-0.2, -0.15) is 4.40 Å². The fourth-order valence-corrected chi connectivity index (χ4v) is 0.245. The second-order valence-electron chi connectivity index (χ2n) is 0.401. The van der Waals surface area contributed by atoms with Crippen LogP contribution in [0.15, 0.2) is 4.40 Å². The van der Waals surface area contributed by atoms with Crippen molar-refractivity contribution in [3.63, 3.8) is 0 Å². The van der Waals surface area contributed by atoms with E-state index in [9.17, 15) is 0 Å². The minimum Gasteiger partial charge on any atom is -0.491 e. The van der Waals surface area contributed by atoms with Crippen LogP contribution in [0.4, 0.5) is 0 Å². The van der Waals surface area contributed by atoms with E-state index in [4.69, 9.17) is 0 Å². The Morgan fingerprint density at radius 2 is 2.33 bits per heavy atom. The van der Waals surface area contributed by atoms with E-state index in [2.05, 4.69) is 30.0 Å². The topological polar surface area (TPSA) is 29.0 Å². The average Bonchev–Trinajstić information content (AvgIpc) is 1.41. The molecule has 5 heteroatoms. The molecule has 0 amide bonds. The van der Waals surface area contributed by atoms with Gasteiger partial charge in [-0.05, 0) is 12.8 Å². The van der Waals surface area contributed by atoms with Crippen LogP contribution in [-0.2, 0) is 12.8 Å². The highest BCUT2D eigenvalue weighted by Crippen LogP contribution is 1.58. The third-order valence-electron chi connectivity index (χ3n) is 0.128. The zero-order valence-corrected chi connectivity index (χ0v) is 5.39. The molecule has 0 aromatic carbocycles. The number of nitrogens with zero attached hydrogens (tertiary/aromatic N) is 1. The molecule has 0 aromatic rings. The summed E-state index contributed by atoms with van der Waals surface area (Å²) >= 11 is 7.80. The molecule has 0 radical (unpaired) electrons. The largest absolute Gasteiger partial charge is 0.491 e. The summed E-state index contributed by atoms with van der Waals surface area (Å²) in [6.07, 6.45) is 1.43. The molecule has 2 N–H and O–H groups in total. The number of quaternary nitrogens is 1. The first-order chi connectivity index (χ1) is 2.41. The van der Waals surface area contributed by atoms with E-state index in [0.29, 0.717) is 0 Å². The van der Waals surface area contributed by atoms with Crippen LogP contribution in [-0.4, -0.2) is 6.34 Å². The van der Waals surface area contributed by atoms with Gasteiger partial charge in [0, 0.05) is 0 Å². The minimum absolute atomic E-state index is 0. The summed E-state index contributed by atoms with van der Waals surface area (Å²) < 4.78 is 4.66. The summed E-state index contributed by atoms with van der Waals surface area (Å²) in [5.74, 6) is 0. The van der Waals surface area contributed by atoms with E-state index in [-0.39, 0.29) is 12.4 Å². The van der Waals surface area contributed by atoms with E-state index in [1.54, 1.807) is 0 Å². The van der Waals surface area contributed by atoms with Crippen molar-refractivity contribution in [2.75, 3.05) is 0 Å². The Morgan fingerprint density at radius 1 is 1.83 bits per heavy atom. The monoisotopic (exact) mass is 144 g/mol. The SMILES string of the molecule is Cl.[S-][NH2+]C=NS. The van der Waals surface area contributed by atoms with E-state index < -0.39 is 0 Å². The second-order valence-corrected chi connectivity index (χ2v) is 0.904. The fourth-order valence-electron chi connectivity index (χ4n) is 0.0272. The summed E-state index contributed by atoms with van der Waals surface area (Å²) in [6.45, 7) is 0. The van der Waals surface area contributed by atoms with Gasteiger partial charge in [0.1, 0.15) is 0 Å². The summed E-state index contributed by atoms with van der Waals surface area (Å²) in [4.78, 5) is 0. The third kappa shape index (κ3) is 8.82. The lowest BCUT2D eigenvalue weighted by molar-refractivity contribution is -0.324. The second kappa shape index (κ2) is 9.15. The highest BCUT2D eigenvalue weighted by molar-refractivity contribution is 7.78. The molecule has 0 spiro atoms. The van der Waals surface area contributed by atoms with Crippen molar-refractivity contribution in [2.45, 2.75) is 0 Å². The van der Waals surface area contributed by atoms with Gasteiger partial charge in [0.25, 0.3) is 0 Å². The summed E-state index contributed by atoms with van der Waals surface area (Å²) in [5.41, 5.74) is 0. The van der Waals surface area contributed by atoms with Crippen LogP contribution in [0.25, 0.3) is 0 Å². The maximum atomic E-state index is 4.33. The van der Waals surface area contributed by atoms with Crippen molar-refractivity contribution in [3.8, 4) is 0 Å². The zero-order chi connectivity index (χ0) is 4.12. The Balaban J connectivity index is 0. The van der Waals surface area contributed by atoms with E-state index in [1.807, 2.05) is 0 Å². The maximum Gasteiger partial charge on any atom is 0.175 e. The first kappa shape index (κ1) is 9.80. The van der Waals surface area contributed by atoms with E-state index >= 15 is 0 Å². The summed E-state index contributed by atoms with van der Waals surface area (Å²) in [7, 11) is 0. The van der Waals surface area contributed by atoms with Crippen LogP contribution >= 0.6 is 25.2 Å². The Bertz CT molecular complexity index is 38.5. The molecule has 0 heterocycles. The molecule has 0 aliphatic carbocycles. The van der Waals surface area contributed by atoms with Gasteiger partial charge in [-0.25, -0.2) is 0 Å². The Kier molecular flexibility index (Phi) is 14.9. The molecule has 2 nitrogen and oxygen atoms in total. The Morgan fingerprint density at radius 3 is 2.33 bits per heavy atom. The molecule has 0 aromatic heterocycles. The number of nitrogens with two attached hydrogens (primary N) is 1. The van der Waals surface area contributed by atoms with E-state index in [1.165, 1.54) is 11.1 Å². The van der Waals surface area contributed by atoms with Gasteiger partial charge in [-0.3, -0.25) is 0 Å². The van der Waals surface area contributed by atoms with Crippen LogP contribution in [0.3, 0.4) is 0 Å². The van der Waals surface area contributed by atoms with Gasteiger partial charge in [0.05, 0.1) is 0 Å². The van der Waals surface area contributed by atoms with Crippen molar-refractivity contribution in [2.24, 2.45) is 4.40 Å². The predicted octanol–water partition coefficient (Wildman–Crippen LogP) is -0.693. The predicted molar refractivity (Wildman–Crippen MR) is 34.0 cm³/mol. The third-order valence-corrected chi connectivity index (χ3v) is 0.383. The van der Waals surface area contributed by atoms with Gasteiger partial charge >= 0.3 is 0 Å². The standard InChI is InChI=1S/CH4N2S2.ClH/c4-2-1-3-5;/h1,5H,2H2;1H. The number of hydrogen-bond donors (Lipinski definition) is 2. The quantitative estimate of drug-likeness (QED) is 0.217. The molecule has 0 saturated heterocycles. The molecule has 0 fully saturated rings. The molecule has 38 valence electrons. The smallest absolute Gasteiger partial charge is 0.175 e. The number of thiol groups is 1. The zero-order valence-electron chi connectivity index (χ0n) is 2.87. The summed E-state index contributed by atoms with van der Waals surface area (Å²) in [5, 5.41) is 0. The number of hydrogen-bond acceptors (Lipinski definition) is 3. The first-order valence-electron chi connectivity index (χ1n) is 1.03. The average molecular weight is 145 g/mol. The highest BCUT2D eigenvalue weighted by atomic mass is 35.5. The molecular weight excluding hydrogens is 140 g/mol. The van der Waals surface area contributed by atoms with Crippen LogP contribution < -0.4 is 4.72 Å². The molecule has 0 aliphatic heterocycles. The molecule has 0 bridgehead atoms. The molecule has 6 heavy (non-hydrogen) atoms. The van der Waals surface area contributed by atoms with Crippen LogP contribution in [0, 0.1) is 0 Å². The van der Waals surface area contributed by atoms with Crippen LogP contribution in [0.5, 0.6) is 0 Å².